The van der Waals surface area contributed by atoms with Gasteiger partial charge >= 0.3 is 0 Å². The first-order chi connectivity index (χ1) is 8.18. The number of carbonyl (C=O) groups excluding carboxylic acids is 2. The number of piperazine rings is 1. The summed E-state index contributed by atoms with van der Waals surface area (Å²) in [5.41, 5.74) is 0.617. The summed E-state index contributed by atoms with van der Waals surface area (Å²) in [6.07, 6.45) is 0. The Hall–Kier alpha value is -1.40. The van der Waals surface area contributed by atoms with E-state index in [-0.39, 0.29) is 11.8 Å². The van der Waals surface area contributed by atoms with Crippen LogP contribution in [0.5, 0.6) is 0 Å². The second kappa shape index (κ2) is 5.29. The molecule has 1 fully saturated rings. The zero-order valence-electron chi connectivity index (χ0n) is 9.66. The van der Waals surface area contributed by atoms with Crippen LogP contribution < -0.4 is 10.6 Å². The van der Waals surface area contributed by atoms with Crippen LogP contribution in [0.3, 0.4) is 0 Å². The lowest BCUT2D eigenvalue weighted by molar-refractivity contribution is -0.114. The Morgan fingerprint density at radius 1 is 1.41 bits per heavy atom. The highest BCUT2D eigenvalue weighted by molar-refractivity contribution is 7.12. The summed E-state index contributed by atoms with van der Waals surface area (Å²) in [4.78, 5) is 25.7. The van der Waals surface area contributed by atoms with E-state index in [9.17, 15) is 9.59 Å². The molecule has 0 bridgehead atoms. The van der Waals surface area contributed by atoms with Gasteiger partial charge in [0.15, 0.2) is 0 Å². The summed E-state index contributed by atoms with van der Waals surface area (Å²) in [6.45, 7) is 4.53. The molecule has 6 heteroatoms. The van der Waals surface area contributed by atoms with Crippen molar-refractivity contribution in [2.45, 2.75) is 6.92 Å². The molecule has 1 aliphatic rings. The molecule has 2 heterocycles. The minimum Gasteiger partial charge on any atom is -0.335 e. The van der Waals surface area contributed by atoms with Crippen LogP contribution in [0.2, 0.25) is 0 Å². The van der Waals surface area contributed by atoms with Crippen molar-refractivity contribution in [1.82, 2.24) is 10.2 Å². The number of anilines is 1. The van der Waals surface area contributed by atoms with Crippen molar-refractivity contribution in [3.05, 3.63) is 16.3 Å². The first-order valence-electron chi connectivity index (χ1n) is 5.53. The largest absolute Gasteiger partial charge is 0.335 e. The van der Waals surface area contributed by atoms with Crippen molar-refractivity contribution >= 4 is 28.8 Å². The maximum atomic E-state index is 12.2. The van der Waals surface area contributed by atoms with E-state index < -0.39 is 0 Å². The van der Waals surface area contributed by atoms with Gasteiger partial charge in [-0.15, -0.1) is 11.3 Å². The second-order valence-electron chi connectivity index (χ2n) is 3.89. The third-order valence-electron chi connectivity index (χ3n) is 2.57. The third-order valence-corrected chi connectivity index (χ3v) is 3.48. The van der Waals surface area contributed by atoms with Crippen molar-refractivity contribution in [2.24, 2.45) is 0 Å². The molecule has 0 atom stereocenters. The molecule has 1 saturated heterocycles. The van der Waals surface area contributed by atoms with E-state index in [0.717, 1.165) is 26.2 Å². The van der Waals surface area contributed by atoms with E-state index in [1.165, 1.54) is 18.3 Å². The van der Waals surface area contributed by atoms with Gasteiger partial charge in [-0.3, -0.25) is 9.59 Å². The molecule has 1 aromatic rings. The zero-order chi connectivity index (χ0) is 12.3. The molecule has 1 aromatic heterocycles. The molecule has 1 aliphatic heterocycles. The maximum Gasteiger partial charge on any atom is 0.266 e. The molecule has 0 aliphatic carbocycles. The standard InChI is InChI=1S/C11H15N3O2S/c1-8(15)13-9-2-7-17-10(9)11(16)14-5-3-12-4-6-14/h2,7,12H,3-6H2,1H3,(H,13,15). The fourth-order valence-electron chi connectivity index (χ4n) is 1.77. The molecular formula is C11H15N3O2S. The molecule has 92 valence electrons. The first-order valence-corrected chi connectivity index (χ1v) is 6.41. The zero-order valence-corrected chi connectivity index (χ0v) is 10.5. The summed E-state index contributed by atoms with van der Waals surface area (Å²) in [7, 11) is 0. The van der Waals surface area contributed by atoms with Gasteiger partial charge in [0, 0.05) is 33.1 Å². The van der Waals surface area contributed by atoms with Crippen LogP contribution in [-0.2, 0) is 4.79 Å². The normalized spacial score (nSPS) is 15.7. The van der Waals surface area contributed by atoms with Crippen LogP contribution >= 0.6 is 11.3 Å². The van der Waals surface area contributed by atoms with Crippen molar-refractivity contribution < 1.29 is 9.59 Å². The van der Waals surface area contributed by atoms with Crippen LogP contribution in [-0.4, -0.2) is 42.9 Å². The summed E-state index contributed by atoms with van der Waals surface area (Å²) in [6, 6.07) is 1.77. The van der Waals surface area contributed by atoms with Gasteiger partial charge in [-0.1, -0.05) is 0 Å². The predicted octanol–water partition coefficient (Wildman–Crippen LogP) is 0.752. The minimum absolute atomic E-state index is 0.00486. The molecule has 2 amide bonds. The number of nitrogens with zero attached hydrogens (tertiary/aromatic N) is 1. The number of nitrogens with one attached hydrogen (secondary N) is 2. The summed E-state index contributed by atoms with van der Waals surface area (Å²) < 4.78 is 0. The van der Waals surface area contributed by atoms with Crippen molar-refractivity contribution in [1.29, 1.82) is 0 Å². The lowest BCUT2D eigenvalue weighted by atomic mass is 10.3. The lowest BCUT2D eigenvalue weighted by Crippen LogP contribution is -2.46. The molecule has 0 aromatic carbocycles. The van der Waals surface area contributed by atoms with Crippen molar-refractivity contribution in [3.8, 4) is 0 Å². The monoisotopic (exact) mass is 253 g/mol. The maximum absolute atomic E-state index is 12.2. The number of rotatable bonds is 2. The number of carbonyl (C=O) groups is 2. The highest BCUT2D eigenvalue weighted by Gasteiger charge is 2.21. The molecule has 0 saturated carbocycles. The molecule has 0 radical (unpaired) electrons. The van der Waals surface area contributed by atoms with Gasteiger partial charge < -0.3 is 15.5 Å². The van der Waals surface area contributed by atoms with Crippen molar-refractivity contribution in [3.63, 3.8) is 0 Å². The van der Waals surface area contributed by atoms with Gasteiger partial charge in [-0.2, -0.15) is 0 Å². The molecule has 2 N–H and O–H groups in total. The van der Waals surface area contributed by atoms with E-state index in [1.54, 1.807) is 6.07 Å². The van der Waals surface area contributed by atoms with E-state index in [1.807, 2.05) is 10.3 Å². The Morgan fingerprint density at radius 3 is 2.76 bits per heavy atom. The molecule has 2 rings (SSSR count). The molecule has 0 spiro atoms. The fraction of sp³-hybridized carbons (Fsp3) is 0.455. The van der Waals surface area contributed by atoms with E-state index in [0.29, 0.717) is 10.6 Å². The number of hydrogen-bond donors (Lipinski definition) is 2. The smallest absolute Gasteiger partial charge is 0.266 e. The number of hydrogen-bond acceptors (Lipinski definition) is 4. The quantitative estimate of drug-likeness (QED) is 0.817. The first kappa shape index (κ1) is 12.1. The van der Waals surface area contributed by atoms with E-state index in [2.05, 4.69) is 10.6 Å². The van der Waals surface area contributed by atoms with E-state index >= 15 is 0 Å². The van der Waals surface area contributed by atoms with Crippen LogP contribution in [0.4, 0.5) is 5.69 Å². The van der Waals surface area contributed by atoms with Crippen LogP contribution in [0, 0.1) is 0 Å². The van der Waals surface area contributed by atoms with Gasteiger partial charge in [-0.05, 0) is 11.4 Å². The number of thiophene rings is 1. The Kier molecular flexibility index (Phi) is 3.75. The topological polar surface area (TPSA) is 61.4 Å². The van der Waals surface area contributed by atoms with Crippen LogP contribution in [0.15, 0.2) is 11.4 Å². The van der Waals surface area contributed by atoms with Gasteiger partial charge in [0.1, 0.15) is 4.88 Å². The highest BCUT2D eigenvalue weighted by Crippen LogP contribution is 2.24. The Bertz CT molecular complexity index is 424. The Labute approximate surface area is 104 Å². The van der Waals surface area contributed by atoms with Crippen molar-refractivity contribution in [2.75, 3.05) is 31.5 Å². The summed E-state index contributed by atoms with van der Waals surface area (Å²) in [5, 5.41) is 7.70. The van der Waals surface area contributed by atoms with Gasteiger partial charge in [0.2, 0.25) is 5.91 Å². The molecule has 17 heavy (non-hydrogen) atoms. The van der Waals surface area contributed by atoms with Crippen LogP contribution in [0.1, 0.15) is 16.6 Å². The summed E-state index contributed by atoms with van der Waals surface area (Å²) >= 11 is 1.37. The SMILES string of the molecule is CC(=O)Nc1ccsc1C(=O)N1CCNCC1. The predicted molar refractivity (Wildman–Crippen MR) is 67.4 cm³/mol. The average molecular weight is 253 g/mol. The number of amides is 2. The Balaban J connectivity index is 2.12. The van der Waals surface area contributed by atoms with E-state index in [4.69, 9.17) is 0 Å². The van der Waals surface area contributed by atoms with Crippen LogP contribution in [0.25, 0.3) is 0 Å². The average Bonchev–Trinajstić information content (AvgIpc) is 2.76. The fourth-order valence-corrected chi connectivity index (χ4v) is 2.59. The molecular weight excluding hydrogens is 238 g/mol. The lowest BCUT2D eigenvalue weighted by Gasteiger charge is -2.27. The Morgan fingerprint density at radius 2 is 2.12 bits per heavy atom. The third kappa shape index (κ3) is 2.83. The minimum atomic E-state index is -0.155. The van der Waals surface area contributed by atoms with Gasteiger partial charge in [0.25, 0.3) is 5.91 Å². The molecule has 0 unspecified atom stereocenters. The summed E-state index contributed by atoms with van der Waals surface area (Å²) in [5.74, 6) is -0.150. The molecule has 5 nitrogen and oxygen atoms in total. The second-order valence-corrected chi connectivity index (χ2v) is 4.80. The van der Waals surface area contributed by atoms with Gasteiger partial charge in [-0.25, -0.2) is 0 Å². The van der Waals surface area contributed by atoms with Gasteiger partial charge in [0.05, 0.1) is 5.69 Å². The highest BCUT2D eigenvalue weighted by atomic mass is 32.1.